The van der Waals surface area contributed by atoms with Gasteiger partial charge in [-0.15, -0.1) is 0 Å². The first-order valence-corrected chi connectivity index (χ1v) is 3.99. The second-order valence-electron chi connectivity index (χ2n) is 3.01. The Labute approximate surface area is 58.0 Å². The van der Waals surface area contributed by atoms with E-state index in [1.807, 2.05) is 0 Å². The molecular weight excluding hydrogens is 108 g/mol. The third-order valence-corrected chi connectivity index (χ3v) is 2.36. The van der Waals surface area contributed by atoms with Crippen LogP contribution in [-0.4, -0.2) is 0 Å². The van der Waals surface area contributed by atoms with Crippen LogP contribution in [0.4, 0.5) is 0 Å². The van der Waals surface area contributed by atoms with Crippen molar-refractivity contribution in [2.24, 2.45) is 5.92 Å². The lowest BCUT2D eigenvalue weighted by Gasteiger charge is -2.20. The van der Waals surface area contributed by atoms with Gasteiger partial charge in [-0.3, -0.25) is 0 Å². The minimum atomic E-state index is 0.878. The molecule has 0 aromatic carbocycles. The topological polar surface area (TPSA) is 0 Å². The molecule has 1 saturated carbocycles. The zero-order valence-electron chi connectivity index (χ0n) is 6.48. The molecule has 0 aliphatic heterocycles. The summed E-state index contributed by atoms with van der Waals surface area (Å²) in [5, 5.41) is 0. The van der Waals surface area contributed by atoms with Crippen molar-refractivity contribution in [1.29, 1.82) is 0 Å². The highest BCUT2D eigenvalue weighted by Gasteiger charge is 2.11. The van der Waals surface area contributed by atoms with Gasteiger partial charge < -0.3 is 0 Å². The van der Waals surface area contributed by atoms with Crippen LogP contribution in [0.25, 0.3) is 0 Å². The Hall–Kier alpha value is -0.260. The highest BCUT2D eigenvalue weighted by Crippen LogP contribution is 2.28. The molecule has 1 aliphatic carbocycles. The van der Waals surface area contributed by atoms with Crippen LogP contribution in [0, 0.1) is 5.92 Å². The van der Waals surface area contributed by atoms with E-state index in [0.29, 0.717) is 0 Å². The zero-order chi connectivity index (χ0) is 6.69. The molecular formula is C9H16. The molecule has 9 heavy (non-hydrogen) atoms. The van der Waals surface area contributed by atoms with Crippen molar-refractivity contribution >= 4 is 0 Å². The first-order valence-electron chi connectivity index (χ1n) is 3.99. The van der Waals surface area contributed by atoms with Gasteiger partial charge in [0.05, 0.1) is 0 Å². The summed E-state index contributed by atoms with van der Waals surface area (Å²) in [5.74, 6) is 0.878. The van der Waals surface area contributed by atoms with Crippen molar-refractivity contribution in [3.05, 3.63) is 11.6 Å². The van der Waals surface area contributed by atoms with E-state index < -0.39 is 0 Å². The predicted octanol–water partition coefficient (Wildman–Crippen LogP) is 3.14. The second-order valence-corrected chi connectivity index (χ2v) is 3.01. The van der Waals surface area contributed by atoms with Gasteiger partial charge in [0.25, 0.3) is 0 Å². The molecule has 0 aromatic heterocycles. The Morgan fingerprint density at radius 1 is 1.44 bits per heavy atom. The molecule has 0 aromatic rings. The fourth-order valence-corrected chi connectivity index (χ4v) is 1.64. The lowest BCUT2D eigenvalue weighted by molar-refractivity contribution is 0.483. The van der Waals surface area contributed by atoms with Gasteiger partial charge >= 0.3 is 0 Å². The van der Waals surface area contributed by atoms with E-state index >= 15 is 0 Å². The summed E-state index contributed by atoms with van der Waals surface area (Å²) in [6.45, 7) is 4.51. The molecule has 52 valence electrons. The summed E-state index contributed by atoms with van der Waals surface area (Å²) >= 11 is 0. The Balaban J connectivity index is 2.49. The molecule has 1 atom stereocenters. The average molecular weight is 124 g/mol. The first kappa shape index (κ1) is 6.85. The minimum Gasteiger partial charge on any atom is -0.0882 e. The third-order valence-electron chi connectivity index (χ3n) is 2.36. The summed E-state index contributed by atoms with van der Waals surface area (Å²) in [6.07, 6.45) is 7.93. The fourth-order valence-electron chi connectivity index (χ4n) is 1.64. The van der Waals surface area contributed by atoms with Gasteiger partial charge in [-0.25, -0.2) is 0 Å². The number of hydrogen-bond donors (Lipinski definition) is 0. The van der Waals surface area contributed by atoms with Gasteiger partial charge in [-0.05, 0) is 32.1 Å². The summed E-state index contributed by atoms with van der Waals surface area (Å²) in [5.41, 5.74) is 1.68. The summed E-state index contributed by atoms with van der Waals surface area (Å²) in [7, 11) is 0. The summed E-state index contributed by atoms with van der Waals surface area (Å²) in [4.78, 5) is 0. The zero-order valence-corrected chi connectivity index (χ0v) is 6.48. The lowest BCUT2D eigenvalue weighted by atomic mass is 9.86. The van der Waals surface area contributed by atoms with Crippen molar-refractivity contribution < 1.29 is 0 Å². The van der Waals surface area contributed by atoms with Crippen molar-refractivity contribution in [3.63, 3.8) is 0 Å². The molecule has 0 unspecified atom stereocenters. The molecule has 0 radical (unpaired) electrons. The van der Waals surface area contributed by atoms with Crippen LogP contribution in [0.2, 0.25) is 0 Å². The molecule has 0 amide bonds. The average Bonchev–Trinajstić information content (AvgIpc) is 1.89. The smallest absolute Gasteiger partial charge is 0.0232 e. The van der Waals surface area contributed by atoms with Crippen LogP contribution in [0.5, 0.6) is 0 Å². The molecule has 0 bridgehead atoms. The third kappa shape index (κ3) is 1.57. The maximum atomic E-state index is 2.34. The highest BCUT2D eigenvalue weighted by atomic mass is 14.2. The molecule has 1 aliphatic rings. The predicted molar refractivity (Wildman–Crippen MR) is 41.4 cm³/mol. The van der Waals surface area contributed by atoms with Crippen LogP contribution >= 0.6 is 0 Å². The Morgan fingerprint density at radius 2 is 2.22 bits per heavy atom. The van der Waals surface area contributed by atoms with E-state index in [0.717, 1.165) is 5.92 Å². The first-order chi connectivity index (χ1) is 4.34. The molecule has 1 fully saturated rings. The standard InChI is InChI=1S/C9H16/c1-3-9-7-5-4-6-8(9)2/h3,8H,4-7H2,1-2H3/b9-3-/t8-/m1/s1. The Bertz CT molecular complexity index is 111. The van der Waals surface area contributed by atoms with Gasteiger partial charge in [-0.2, -0.15) is 0 Å². The second kappa shape index (κ2) is 3.05. The lowest BCUT2D eigenvalue weighted by Crippen LogP contribution is -2.05. The van der Waals surface area contributed by atoms with Crippen molar-refractivity contribution in [1.82, 2.24) is 0 Å². The van der Waals surface area contributed by atoms with Crippen LogP contribution in [0.1, 0.15) is 39.5 Å². The van der Waals surface area contributed by atoms with Gasteiger partial charge in [0.15, 0.2) is 0 Å². The van der Waals surface area contributed by atoms with Crippen LogP contribution in [0.3, 0.4) is 0 Å². The van der Waals surface area contributed by atoms with E-state index in [9.17, 15) is 0 Å². The van der Waals surface area contributed by atoms with Gasteiger partial charge in [0.1, 0.15) is 0 Å². The Kier molecular flexibility index (Phi) is 2.32. The Morgan fingerprint density at radius 3 is 2.67 bits per heavy atom. The van der Waals surface area contributed by atoms with E-state index in [1.54, 1.807) is 5.57 Å². The SMILES string of the molecule is C/C=C1/CCCC[C@H]1C. The highest BCUT2D eigenvalue weighted by molar-refractivity contribution is 5.06. The molecule has 0 heteroatoms. The number of hydrogen-bond acceptors (Lipinski definition) is 0. The number of allylic oxidation sites excluding steroid dienone is 2. The molecule has 0 spiro atoms. The van der Waals surface area contributed by atoms with Crippen LogP contribution in [-0.2, 0) is 0 Å². The summed E-state index contributed by atoms with van der Waals surface area (Å²) in [6, 6.07) is 0. The maximum absolute atomic E-state index is 2.34. The largest absolute Gasteiger partial charge is 0.0882 e. The summed E-state index contributed by atoms with van der Waals surface area (Å²) < 4.78 is 0. The van der Waals surface area contributed by atoms with Crippen molar-refractivity contribution in [2.45, 2.75) is 39.5 Å². The molecule has 0 saturated heterocycles. The molecule has 1 rings (SSSR count). The monoisotopic (exact) mass is 124 g/mol. The van der Waals surface area contributed by atoms with E-state index in [-0.39, 0.29) is 0 Å². The van der Waals surface area contributed by atoms with E-state index in [1.165, 1.54) is 25.7 Å². The van der Waals surface area contributed by atoms with Crippen molar-refractivity contribution in [2.75, 3.05) is 0 Å². The normalized spacial score (nSPS) is 33.1. The molecule has 0 N–H and O–H groups in total. The van der Waals surface area contributed by atoms with Crippen LogP contribution < -0.4 is 0 Å². The molecule has 0 heterocycles. The fraction of sp³-hybridized carbons (Fsp3) is 0.778. The minimum absolute atomic E-state index is 0.878. The maximum Gasteiger partial charge on any atom is -0.0232 e. The van der Waals surface area contributed by atoms with E-state index in [4.69, 9.17) is 0 Å². The van der Waals surface area contributed by atoms with Gasteiger partial charge in [0.2, 0.25) is 0 Å². The number of rotatable bonds is 0. The van der Waals surface area contributed by atoms with Crippen LogP contribution in [0.15, 0.2) is 11.6 Å². The van der Waals surface area contributed by atoms with Crippen molar-refractivity contribution in [3.8, 4) is 0 Å². The molecule has 0 nitrogen and oxygen atoms in total. The quantitative estimate of drug-likeness (QED) is 0.435. The van der Waals surface area contributed by atoms with Gasteiger partial charge in [-0.1, -0.05) is 25.0 Å². The van der Waals surface area contributed by atoms with Gasteiger partial charge in [0, 0.05) is 0 Å². The van der Waals surface area contributed by atoms with E-state index in [2.05, 4.69) is 19.9 Å².